The van der Waals surface area contributed by atoms with Crippen molar-refractivity contribution in [3.63, 3.8) is 0 Å². The monoisotopic (exact) mass is 404 g/mol. The van der Waals surface area contributed by atoms with Gasteiger partial charge in [0, 0.05) is 10.0 Å². The number of nitrogens with two attached hydrogens (primary N) is 1. The highest BCUT2D eigenvalue weighted by molar-refractivity contribution is 9.10. The Balaban J connectivity index is 2.58. The molecule has 0 spiro atoms. The second kappa shape index (κ2) is 6.30. The summed E-state index contributed by atoms with van der Waals surface area (Å²) in [5, 5.41) is 0. The fourth-order valence-corrected chi connectivity index (χ4v) is 2.68. The fourth-order valence-electron chi connectivity index (χ4n) is 1.94. The van der Waals surface area contributed by atoms with E-state index in [9.17, 15) is 8.78 Å². The minimum atomic E-state index is -0.774. The molecule has 2 aromatic carbocycles. The Morgan fingerprint density at radius 2 is 1.80 bits per heavy atom. The van der Waals surface area contributed by atoms with Crippen LogP contribution < -0.4 is 11.3 Å². The summed E-state index contributed by atoms with van der Waals surface area (Å²) in [6.45, 7) is 1.93. The van der Waals surface area contributed by atoms with E-state index in [1.807, 2.05) is 13.0 Å². The zero-order valence-electron chi connectivity index (χ0n) is 10.6. The molecule has 20 heavy (non-hydrogen) atoms. The lowest BCUT2D eigenvalue weighted by atomic mass is 9.97. The maximum Gasteiger partial charge on any atom is 0.145 e. The minimum Gasteiger partial charge on any atom is -0.271 e. The summed E-state index contributed by atoms with van der Waals surface area (Å²) < 4.78 is 29.2. The predicted molar refractivity (Wildman–Crippen MR) is 82.1 cm³/mol. The molecule has 1 unspecified atom stereocenters. The molecule has 2 rings (SSSR count). The van der Waals surface area contributed by atoms with E-state index < -0.39 is 17.7 Å². The molecule has 0 amide bonds. The van der Waals surface area contributed by atoms with Crippen LogP contribution in [0, 0.1) is 18.6 Å². The largest absolute Gasteiger partial charge is 0.271 e. The third-order valence-corrected chi connectivity index (χ3v) is 4.53. The minimum absolute atomic E-state index is 0.113. The number of nitrogens with one attached hydrogen (secondary N) is 1. The average molecular weight is 406 g/mol. The van der Waals surface area contributed by atoms with Gasteiger partial charge in [-0.3, -0.25) is 5.84 Å². The maximum absolute atomic E-state index is 14.2. The Labute approximate surface area is 132 Å². The Hall–Kier alpha value is -0.820. The predicted octanol–water partition coefficient (Wildman–Crippen LogP) is 4.35. The highest BCUT2D eigenvalue weighted by atomic mass is 79.9. The molecule has 0 aromatic heterocycles. The van der Waals surface area contributed by atoms with Crippen LogP contribution in [0.15, 0.2) is 39.3 Å². The molecule has 106 valence electrons. The van der Waals surface area contributed by atoms with Crippen molar-refractivity contribution in [3.05, 3.63) is 67.6 Å². The zero-order valence-corrected chi connectivity index (χ0v) is 13.7. The van der Waals surface area contributed by atoms with Crippen LogP contribution in [0.1, 0.15) is 22.7 Å². The van der Waals surface area contributed by atoms with Crippen molar-refractivity contribution in [2.45, 2.75) is 13.0 Å². The number of halogens is 4. The number of hydrogen-bond donors (Lipinski definition) is 2. The molecule has 2 nitrogen and oxygen atoms in total. The molecule has 0 saturated carbocycles. The van der Waals surface area contributed by atoms with Crippen molar-refractivity contribution >= 4 is 31.9 Å². The van der Waals surface area contributed by atoms with Crippen LogP contribution in [0.4, 0.5) is 8.78 Å². The van der Waals surface area contributed by atoms with Crippen molar-refractivity contribution in [2.24, 2.45) is 5.84 Å². The van der Waals surface area contributed by atoms with Gasteiger partial charge in [-0.1, -0.05) is 28.1 Å². The van der Waals surface area contributed by atoms with E-state index in [-0.39, 0.29) is 10.0 Å². The van der Waals surface area contributed by atoms with Crippen molar-refractivity contribution in [1.82, 2.24) is 5.43 Å². The summed E-state index contributed by atoms with van der Waals surface area (Å²) in [5.74, 6) is 4.19. The normalized spacial score (nSPS) is 12.5. The van der Waals surface area contributed by atoms with Gasteiger partial charge in [-0.05, 0) is 52.2 Å². The lowest BCUT2D eigenvalue weighted by Crippen LogP contribution is -2.30. The number of hydrazine groups is 1. The number of aryl methyl sites for hydroxylation is 1. The molecule has 0 bridgehead atoms. The summed E-state index contributed by atoms with van der Waals surface area (Å²) in [7, 11) is 0. The summed E-state index contributed by atoms with van der Waals surface area (Å²) >= 11 is 6.46. The van der Waals surface area contributed by atoms with Crippen LogP contribution in [0.5, 0.6) is 0 Å². The Bertz CT molecular complexity index is 647. The maximum atomic E-state index is 14.2. The van der Waals surface area contributed by atoms with E-state index in [0.717, 1.165) is 10.0 Å². The molecule has 0 heterocycles. The van der Waals surface area contributed by atoms with Crippen LogP contribution in [0.3, 0.4) is 0 Å². The molecule has 0 radical (unpaired) electrons. The summed E-state index contributed by atoms with van der Waals surface area (Å²) in [4.78, 5) is 0. The first kappa shape index (κ1) is 15.6. The Kier molecular flexibility index (Phi) is 4.90. The van der Waals surface area contributed by atoms with Crippen molar-refractivity contribution in [1.29, 1.82) is 0 Å². The summed E-state index contributed by atoms with van der Waals surface area (Å²) in [6, 6.07) is 7.19. The van der Waals surface area contributed by atoms with Gasteiger partial charge in [0.05, 0.1) is 10.5 Å². The van der Waals surface area contributed by atoms with Gasteiger partial charge in [-0.25, -0.2) is 14.2 Å². The first-order chi connectivity index (χ1) is 9.45. The van der Waals surface area contributed by atoms with Crippen LogP contribution in [0.2, 0.25) is 0 Å². The molecule has 3 N–H and O–H groups in total. The van der Waals surface area contributed by atoms with E-state index in [1.54, 1.807) is 12.1 Å². The third-order valence-electron chi connectivity index (χ3n) is 3.06. The number of benzene rings is 2. The second-order valence-corrected chi connectivity index (χ2v) is 6.07. The molecular formula is C14H12Br2F2N2. The van der Waals surface area contributed by atoms with Gasteiger partial charge in [-0.2, -0.15) is 0 Å². The first-order valence-electron chi connectivity index (χ1n) is 5.81. The van der Waals surface area contributed by atoms with Gasteiger partial charge in [0.25, 0.3) is 0 Å². The Morgan fingerprint density at radius 3 is 2.40 bits per heavy atom. The second-order valence-electron chi connectivity index (χ2n) is 4.37. The fraction of sp³-hybridized carbons (Fsp3) is 0.143. The van der Waals surface area contributed by atoms with E-state index in [4.69, 9.17) is 5.84 Å². The Morgan fingerprint density at radius 1 is 1.10 bits per heavy atom. The van der Waals surface area contributed by atoms with E-state index in [2.05, 4.69) is 37.3 Å². The van der Waals surface area contributed by atoms with E-state index >= 15 is 0 Å². The molecule has 2 aromatic rings. The van der Waals surface area contributed by atoms with E-state index in [0.29, 0.717) is 5.56 Å². The first-order valence-corrected chi connectivity index (χ1v) is 7.40. The number of hydrogen-bond acceptors (Lipinski definition) is 2. The van der Waals surface area contributed by atoms with E-state index in [1.165, 1.54) is 12.1 Å². The van der Waals surface area contributed by atoms with Crippen molar-refractivity contribution < 1.29 is 8.78 Å². The summed E-state index contributed by atoms with van der Waals surface area (Å²) in [5.41, 5.74) is 4.05. The van der Waals surface area contributed by atoms with Crippen molar-refractivity contribution in [3.8, 4) is 0 Å². The van der Waals surface area contributed by atoms with Gasteiger partial charge in [-0.15, -0.1) is 0 Å². The molecule has 0 fully saturated rings. The highest BCUT2D eigenvalue weighted by Crippen LogP contribution is 2.32. The van der Waals surface area contributed by atoms with Gasteiger partial charge in [0.1, 0.15) is 11.6 Å². The lowest BCUT2D eigenvalue weighted by Gasteiger charge is -2.19. The van der Waals surface area contributed by atoms with Crippen LogP contribution >= 0.6 is 31.9 Å². The molecular weight excluding hydrogens is 394 g/mol. The van der Waals surface area contributed by atoms with Crippen LogP contribution in [-0.4, -0.2) is 0 Å². The smallest absolute Gasteiger partial charge is 0.145 e. The molecule has 0 aliphatic heterocycles. The van der Waals surface area contributed by atoms with Gasteiger partial charge in [0.2, 0.25) is 0 Å². The SMILES string of the molecule is Cc1ccc(C(NN)c2c(F)ccc(Br)c2F)cc1Br. The van der Waals surface area contributed by atoms with Crippen LogP contribution in [-0.2, 0) is 0 Å². The number of rotatable bonds is 3. The zero-order chi connectivity index (χ0) is 14.9. The molecule has 0 aliphatic rings. The molecule has 0 saturated heterocycles. The molecule has 1 atom stereocenters. The summed E-state index contributed by atoms with van der Waals surface area (Å²) in [6.07, 6.45) is 0. The third kappa shape index (κ3) is 2.93. The van der Waals surface area contributed by atoms with Gasteiger partial charge >= 0.3 is 0 Å². The standard InChI is InChI=1S/C14H12Br2F2N2/c1-7-2-3-8(6-10(7)16)14(20-19)12-11(17)5-4-9(15)13(12)18/h2-6,14,20H,19H2,1H3. The van der Waals surface area contributed by atoms with Gasteiger partial charge in [0.15, 0.2) is 0 Å². The topological polar surface area (TPSA) is 38.0 Å². The van der Waals surface area contributed by atoms with Crippen molar-refractivity contribution in [2.75, 3.05) is 0 Å². The lowest BCUT2D eigenvalue weighted by molar-refractivity contribution is 0.507. The quantitative estimate of drug-likeness (QED) is 0.452. The van der Waals surface area contributed by atoms with Gasteiger partial charge < -0.3 is 0 Å². The molecule has 6 heteroatoms. The average Bonchev–Trinajstić information content (AvgIpc) is 2.42. The highest BCUT2D eigenvalue weighted by Gasteiger charge is 2.23. The molecule has 0 aliphatic carbocycles. The van der Waals surface area contributed by atoms with Crippen LogP contribution in [0.25, 0.3) is 0 Å².